The van der Waals surface area contributed by atoms with E-state index < -0.39 is 6.10 Å². The molecule has 1 aliphatic carbocycles. The Bertz CT molecular complexity index is 623. The van der Waals surface area contributed by atoms with Crippen LogP contribution in [0.1, 0.15) is 42.7 Å². The van der Waals surface area contributed by atoms with E-state index in [1.807, 2.05) is 4.68 Å². The van der Waals surface area contributed by atoms with Crippen molar-refractivity contribution in [2.24, 2.45) is 5.92 Å². The lowest BCUT2D eigenvalue weighted by Crippen LogP contribution is -2.23. The largest absolute Gasteiger partial charge is 0.386 e. The van der Waals surface area contributed by atoms with Crippen molar-refractivity contribution in [1.82, 2.24) is 9.78 Å². The van der Waals surface area contributed by atoms with Crippen LogP contribution in [0.3, 0.4) is 0 Å². The summed E-state index contributed by atoms with van der Waals surface area (Å²) in [6.07, 6.45) is 5.38. The third kappa shape index (κ3) is 2.92. The van der Waals surface area contributed by atoms with Crippen LogP contribution < -0.4 is 0 Å². The Morgan fingerprint density at radius 1 is 1.38 bits per heavy atom. The second-order valence-corrected chi connectivity index (χ2v) is 6.67. The molecule has 3 rings (SSSR count). The van der Waals surface area contributed by atoms with E-state index in [9.17, 15) is 5.11 Å². The van der Waals surface area contributed by atoms with Gasteiger partial charge < -0.3 is 5.11 Å². The molecule has 21 heavy (non-hydrogen) atoms. The lowest BCUT2D eigenvalue weighted by Gasteiger charge is -2.29. The zero-order chi connectivity index (χ0) is 14.8. The van der Waals surface area contributed by atoms with Gasteiger partial charge in [-0.2, -0.15) is 5.10 Å². The van der Waals surface area contributed by atoms with Gasteiger partial charge in [0.15, 0.2) is 0 Å². The zero-order valence-electron chi connectivity index (χ0n) is 12.3. The first kappa shape index (κ1) is 14.8. The molecule has 0 bridgehead atoms. The highest BCUT2D eigenvalue weighted by atomic mass is 79.9. The van der Waals surface area contributed by atoms with Crippen LogP contribution in [0.25, 0.3) is 0 Å². The first-order valence-electron chi connectivity index (χ1n) is 7.66. The van der Waals surface area contributed by atoms with Gasteiger partial charge in [-0.1, -0.05) is 31.2 Å². The van der Waals surface area contributed by atoms with Crippen molar-refractivity contribution in [2.75, 3.05) is 0 Å². The number of fused-ring (bicyclic) bond motifs is 1. The van der Waals surface area contributed by atoms with Gasteiger partial charge in [0.1, 0.15) is 0 Å². The number of aromatic nitrogens is 2. The second kappa shape index (κ2) is 6.32. The van der Waals surface area contributed by atoms with Crippen molar-refractivity contribution < 1.29 is 5.11 Å². The molecule has 3 nitrogen and oxygen atoms in total. The quantitative estimate of drug-likeness (QED) is 0.909. The van der Waals surface area contributed by atoms with Crippen LogP contribution >= 0.6 is 15.9 Å². The number of hydrogen-bond acceptors (Lipinski definition) is 2. The molecular formula is C17H21BrN2O. The maximum atomic E-state index is 10.9. The fourth-order valence-corrected chi connectivity index (χ4v) is 3.81. The average Bonchev–Trinajstić information content (AvgIpc) is 2.87. The molecule has 0 aliphatic heterocycles. The highest BCUT2D eigenvalue weighted by molar-refractivity contribution is 9.10. The van der Waals surface area contributed by atoms with Gasteiger partial charge >= 0.3 is 0 Å². The van der Waals surface area contributed by atoms with Crippen LogP contribution in [0.5, 0.6) is 0 Å². The Hall–Kier alpha value is -1.13. The van der Waals surface area contributed by atoms with Gasteiger partial charge in [-0.15, -0.1) is 0 Å². The zero-order valence-corrected chi connectivity index (χ0v) is 13.9. The van der Waals surface area contributed by atoms with E-state index in [4.69, 9.17) is 0 Å². The van der Waals surface area contributed by atoms with Crippen LogP contribution in [-0.2, 0) is 19.4 Å². The Morgan fingerprint density at radius 2 is 2.14 bits per heavy atom. The van der Waals surface area contributed by atoms with Crippen LogP contribution in [0.2, 0.25) is 0 Å². The highest BCUT2D eigenvalue weighted by Gasteiger charge is 2.29. The van der Waals surface area contributed by atoms with Gasteiger partial charge in [-0.3, -0.25) is 4.68 Å². The third-order valence-electron chi connectivity index (χ3n) is 4.38. The summed E-state index contributed by atoms with van der Waals surface area (Å²) in [5.74, 6) is 0.267. The molecule has 4 heteroatoms. The Balaban J connectivity index is 1.84. The fraction of sp³-hybridized carbons (Fsp3) is 0.471. The van der Waals surface area contributed by atoms with E-state index in [0.717, 1.165) is 42.4 Å². The van der Waals surface area contributed by atoms with E-state index in [-0.39, 0.29) is 5.92 Å². The number of aliphatic hydroxyl groups excluding tert-OH is 1. The predicted octanol–water partition coefficient (Wildman–Crippen LogP) is 3.89. The number of nitrogens with zero attached hydrogens (tertiary/aromatic N) is 2. The number of rotatable bonds is 4. The lowest BCUT2D eigenvalue weighted by molar-refractivity contribution is 0.0898. The molecule has 1 aromatic heterocycles. The van der Waals surface area contributed by atoms with Crippen molar-refractivity contribution in [3.63, 3.8) is 0 Å². The monoisotopic (exact) mass is 348 g/mol. The maximum Gasteiger partial charge on any atom is 0.0999 e. The Labute approximate surface area is 134 Å². The number of hydrogen-bond donors (Lipinski definition) is 1. The lowest BCUT2D eigenvalue weighted by atomic mass is 9.80. The topological polar surface area (TPSA) is 38.0 Å². The van der Waals surface area contributed by atoms with Crippen molar-refractivity contribution >= 4 is 15.9 Å². The van der Waals surface area contributed by atoms with Gasteiger partial charge in [0.2, 0.25) is 0 Å². The van der Waals surface area contributed by atoms with Crippen LogP contribution in [0, 0.1) is 5.92 Å². The summed E-state index contributed by atoms with van der Waals surface area (Å²) in [4.78, 5) is 0. The minimum absolute atomic E-state index is 0.267. The number of aryl methyl sites for hydroxylation is 2. The summed E-state index contributed by atoms with van der Waals surface area (Å²) < 4.78 is 2.86. The molecule has 2 unspecified atom stereocenters. The first-order valence-corrected chi connectivity index (χ1v) is 8.46. The van der Waals surface area contributed by atoms with Gasteiger partial charge in [0, 0.05) is 6.54 Å². The molecule has 0 radical (unpaired) electrons. The summed E-state index contributed by atoms with van der Waals surface area (Å²) in [7, 11) is 0. The smallest absolute Gasteiger partial charge is 0.0999 e. The van der Waals surface area contributed by atoms with Crippen LogP contribution in [0.15, 0.2) is 34.9 Å². The molecule has 0 saturated heterocycles. The van der Waals surface area contributed by atoms with Crippen LogP contribution in [0.4, 0.5) is 0 Å². The van der Waals surface area contributed by atoms with Crippen LogP contribution in [-0.4, -0.2) is 14.9 Å². The molecule has 1 aliphatic rings. The van der Waals surface area contributed by atoms with E-state index in [1.165, 1.54) is 11.1 Å². The number of aliphatic hydroxyl groups is 1. The minimum atomic E-state index is -0.457. The normalized spacial score (nSPS) is 19.3. The number of benzene rings is 1. The van der Waals surface area contributed by atoms with Crippen molar-refractivity contribution in [2.45, 2.75) is 45.3 Å². The molecule has 0 spiro atoms. The SMILES string of the molecule is CCCn1ncc(Br)c1C(O)C1CCc2ccccc2C1. The molecule has 112 valence electrons. The summed E-state index contributed by atoms with van der Waals surface area (Å²) >= 11 is 3.54. The number of halogens is 1. The molecule has 1 heterocycles. The Kier molecular flexibility index (Phi) is 4.45. The van der Waals surface area contributed by atoms with E-state index in [1.54, 1.807) is 6.20 Å². The van der Waals surface area contributed by atoms with Crippen molar-refractivity contribution in [3.8, 4) is 0 Å². The van der Waals surface area contributed by atoms with Crippen molar-refractivity contribution in [1.29, 1.82) is 0 Å². The molecule has 1 N–H and O–H groups in total. The standard InChI is InChI=1S/C17H21BrN2O/c1-2-9-20-16(15(18)11-19-20)17(21)14-8-7-12-5-3-4-6-13(12)10-14/h3-6,11,14,17,21H,2,7-10H2,1H3. The van der Waals surface area contributed by atoms with Gasteiger partial charge in [0.05, 0.1) is 22.5 Å². The van der Waals surface area contributed by atoms with Gasteiger partial charge in [0.25, 0.3) is 0 Å². The first-order chi connectivity index (χ1) is 10.2. The summed E-state index contributed by atoms with van der Waals surface area (Å²) in [6.45, 7) is 2.98. The summed E-state index contributed by atoms with van der Waals surface area (Å²) in [5, 5.41) is 15.2. The van der Waals surface area contributed by atoms with Gasteiger partial charge in [-0.05, 0) is 58.7 Å². The third-order valence-corrected chi connectivity index (χ3v) is 4.99. The molecule has 0 saturated carbocycles. The summed E-state index contributed by atoms with van der Waals surface area (Å²) in [5.41, 5.74) is 3.74. The molecular weight excluding hydrogens is 328 g/mol. The predicted molar refractivity (Wildman–Crippen MR) is 87.1 cm³/mol. The molecule has 1 aromatic carbocycles. The molecule has 2 aromatic rings. The van der Waals surface area contributed by atoms with E-state index >= 15 is 0 Å². The van der Waals surface area contributed by atoms with E-state index in [2.05, 4.69) is 52.2 Å². The average molecular weight is 349 g/mol. The van der Waals surface area contributed by atoms with Crippen molar-refractivity contribution in [3.05, 3.63) is 51.8 Å². The minimum Gasteiger partial charge on any atom is -0.386 e. The molecule has 0 fully saturated rings. The maximum absolute atomic E-state index is 10.9. The Morgan fingerprint density at radius 3 is 2.90 bits per heavy atom. The second-order valence-electron chi connectivity index (χ2n) is 5.82. The summed E-state index contributed by atoms with van der Waals surface area (Å²) in [6, 6.07) is 8.58. The van der Waals surface area contributed by atoms with E-state index in [0.29, 0.717) is 0 Å². The highest BCUT2D eigenvalue weighted by Crippen LogP contribution is 2.36. The van der Waals surface area contributed by atoms with Gasteiger partial charge in [-0.25, -0.2) is 0 Å². The molecule has 0 amide bonds. The fourth-order valence-electron chi connectivity index (χ4n) is 3.27. The molecule has 2 atom stereocenters.